The normalized spacial score (nSPS) is 25.5. The van der Waals surface area contributed by atoms with Gasteiger partial charge in [0.2, 0.25) is 0 Å². The maximum Gasteiger partial charge on any atom is 0.0399 e. The summed E-state index contributed by atoms with van der Waals surface area (Å²) in [6.45, 7) is 2.38. The van der Waals surface area contributed by atoms with Crippen LogP contribution in [0.15, 0.2) is 24.4 Å². The van der Waals surface area contributed by atoms with Crippen LogP contribution in [-0.2, 0) is 6.42 Å². The van der Waals surface area contributed by atoms with Gasteiger partial charge in [0.05, 0.1) is 0 Å². The van der Waals surface area contributed by atoms with Crippen molar-refractivity contribution in [1.29, 1.82) is 5.41 Å². The van der Waals surface area contributed by atoms with Gasteiger partial charge in [-0.15, -0.1) is 0 Å². The van der Waals surface area contributed by atoms with Crippen molar-refractivity contribution in [3.05, 3.63) is 35.5 Å². The van der Waals surface area contributed by atoms with E-state index in [0.717, 1.165) is 23.5 Å². The van der Waals surface area contributed by atoms with Crippen molar-refractivity contribution in [3.8, 4) is 0 Å². The third-order valence-electron chi connectivity index (χ3n) is 4.93. The molecule has 0 aromatic heterocycles. The lowest BCUT2D eigenvalue weighted by Gasteiger charge is -2.41. The summed E-state index contributed by atoms with van der Waals surface area (Å²) >= 11 is 0. The van der Waals surface area contributed by atoms with Crippen LogP contribution in [-0.4, -0.2) is 26.4 Å². The number of nitrogens with one attached hydrogen (secondary N) is 2. The topological polar surface area (TPSA) is 39.1 Å². The molecule has 3 rings (SSSR count). The molecule has 2 atom stereocenters. The van der Waals surface area contributed by atoms with Gasteiger partial charge in [0.1, 0.15) is 0 Å². The number of nitrogens with zero attached hydrogens (tertiary/aromatic N) is 1. The molecule has 1 aliphatic carbocycles. The minimum atomic E-state index is 0.707. The van der Waals surface area contributed by atoms with Crippen LogP contribution in [0, 0.1) is 17.2 Å². The molecule has 0 saturated heterocycles. The molecule has 3 heteroatoms. The first-order valence-electron chi connectivity index (χ1n) is 7.89. The molecule has 21 heavy (non-hydrogen) atoms. The van der Waals surface area contributed by atoms with Crippen LogP contribution in [0.2, 0.25) is 0 Å². The minimum absolute atomic E-state index is 0.707. The van der Waals surface area contributed by atoms with E-state index < -0.39 is 0 Å². The van der Waals surface area contributed by atoms with Gasteiger partial charge in [0.25, 0.3) is 0 Å². The summed E-state index contributed by atoms with van der Waals surface area (Å²) in [6, 6.07) is 7.35. The van der Waals surface area contributed by atoms with E-state index in [4.69, 9.17) is 5.41 Å². The molecule has 2 N–H and O–H groups in total. The fourth-order valence-electron chi connectivity index (χ4n) is 3.87. The summed E-state index contributed by atoms with van der Waals surface area (Å²) < 4.78 is 0. The molecule has 0 bridgehead atoms. The van der Waals surface area contributed by atoms with Crippen molar-refractivity contribution in [3.63, 3.8) is 0 Å². The van der Waals surface area contributed by atoms with Gasteiger partial charge < -0.3 is 15.6 Å². The Kier molecular flexibility index (Phi) is 3.75. The molecule has 1 heterocycles. The van der Waals surface area contributed by atoms with E-state index in [1.807, 2.05) is 13.2 Å². The summed E-state index contributed by atoms with van der Waals surface area (Å²) in [4.78, 5) is 2.50. The zero-order chi connectivity index (χ0) is 15.0. The average Bonchev–Trinajstić information content (AvgIpc) is 3.29. The predicted molar refractivity (Wildman–Crippen MR) is 90.0 cm³/mol. The molecule has 0 radical (unpaired) electrons. The molecular formula is C18H25N3. The smallest absolute Gasteiger partial charge is 0.0399 e. The third-order valence-corrected chi connectivity index (χ3v) is 4.93. The molecule has 1 aliphatic heterocycles. The van der Waals surface area contributed by atoms with Crippen molar-refractivity contribution in [2.24, 2.45) is 11.8 Å². The van der Waals surface area contributed by atoms with Crippen molar-refractivity contribution in [2.45, 2.75) is 32.2 Å². The number of anilines is 1. The lowest BCUT2D eigenvalue weighted by Crippen LogP contribution is -2.43. The molecule has 3 nitrogen and oxygen atoms in total. The Morgan fingerprint density at radius 2 is 2.14 bits per heavy atom. The van der Waals surface area contributed by atoms with E-state index >= 15 is 0 Å². The quantitative estimate of drug-likeness (QED) is 0.832. The SMILES string of the molecule is CN/C=C(\C=N)c1ccc2c(c1)CC(C)[C@H](C1CC1)N2C. The van der Waals surface area contributed by atoms with Crippen LogP contribution in [0.1, 0.15) is 30.9 Å². The van der Waals surface area contributed by atoms with Gasteiger partial charge in [-0.05, 0) is 54.4 Å². The van der Waals surface area contributed by atoms with Gasteiger partial charge >= 0.3 is 0 Å². The fourth-order valence-corrected chi connectivity index (χ4v) is 3.87. The number of rotatable bonds is 4. The van der Waals surface area contributed by atoms with Crippen molar-refractivity contribution < 1.29 is 0 Å². The van der Waals surface area contributed by atoms with Crippen LogP contribution in [0.4, 0.5) is 5.69 Å². The highest BCUT2D eigenvalue weighted by atomic mass is 15.2. The lowest BCUT2D eigenvalue weighted by atomic mass is 9.84. The maximum atomic E-state index is 7.57. The van der Waals surface area contributed by atoms with Gasteiger partial charge in [0, 0.05) is 43.8 Å². The molecule has 0 amide bonds. The fraction of sp³-hybridized carbons (Fsp3) is 0.500. The second kappa shape index (κ2) is 5.55. The Morgan fingerprint density at radius 1 is 1.38 bits per heavy atom. The van der Waals surface area contributed by atoms with Crippen molar-refractivity contribution >= 4 is 17.5 Å². The van der Waals surface area contributed by atoms with E-state index in [-0.39, 0.29) is 0 Å². The summed E-state index contributed by atoms with van der Waals surface area (Å²) in [7, 11) is 4.12. The highest BCUT2D eigenvalue weighted by Gasteiger charge is 2.40. The van der Waals surface area contributed by atoms with Crippen LogP contribution >= 0.6 is 0 Å². The molecule has 1 aromatic carbocycles. The first-order chi connectivity index (χ1) is 10.2. The molecular weight excluding hydrogens is 258 g/mol. The second-order valence-corrected chi connectivity index (χ2v) is 6.50. The van der Waals surface area contributed by atoms with E-state index in [2.05, 4.69) is 42.4 Å². The molecule has 0 spiro atoms. The van der Waals surface area contributed by atoms with Crippen LogP contribution < -0.4 is 10.2 Å². The first-order valence-corrected chi connectivity index (χ1v) is 7.89. The van der Waals surface area contributed by atoms with Crippen LogP contribution in [0.5, 0.6) is 0 Å². The average molecular weight is 283 g/mol. The summed E-state index contributed by atoms with van der Waals surface area (Å²) in [5, 5.41) is 10.6. The molecule has 1 unspecified atom stereocenters. The van der Waals surface area contributed by atoms with Crippen LogP contribution in [0.3, 0.4) is 0 Å². The Balaban J connectivity index is 1.95. The summed E-state index contributed by atoms with van der Waals surface area (Å²) in [5.74, 6) is 1.61. The van der Waals surface area contributed by atoms with Gasteiger partial charge in [0.15, 0.2) is 0 Å². The molecule has 112 valence electrons. The van der Waals surface area contributed by atoms with E-state index in [1.165, 1.54) is 30.3 Å². The third kappa shape index (κ3) is 2.57. The molecule has 1 saturated carbocycles. The van der Waals surface area contributed by atoms with E-state index in [9.17, 15) is 0 Å². The monoisotopic (exact) mass is 283 g/mol. The predicted octanol–water partition coefficient (Wildman–Crippen LogP) is 3.30. The van der Waals surface area contributed by atoms with Crippen molar-refractivity contribution in [2.75, 3.05) is 19.0 Å². The molecule has 1 aromatic rings. The van der Waals surface area contributed by atoms with Gasteiger partial charge in [-0.3, -0.25) is 0 Å². The maximum absolute atomic E-state index is 7.57. The number of hydrogen-bond donors (Lipinski definition) is 2. The number of hydrogen-bond acceptors (Lipinski definition) is 3. The summed E-state index contributed by atoms with van der Waals surface area (Å²) in [6.07, 6.45) is 7.25. The number of fused-ring (bicyclic) bond motifs is 1. The van der Waals surface area contributed by atoms with Crippen molar-refractivity contribution in [1.82, 2.24) is 5.32 Å². The highest BCUT2D eigenvalue weighted by Crippen LogP contribution is 2.44. The standard InChI is InChI=1S/C18H25N3/c1-12-8-15-9-14(16(10-19)11-20-2)6-7-17(15)21(3)18(12)13-4-5-13/h6-7,9-13,18-20H,4-5,8H2,1-3H3/b16-11+,19-10?/t12?,18-/m1/s1. The lowest BCUT2D eigenvalue weighted by molar-refractivity contribution is 0.381. The Hall–Kier alpha value is -1.77. The Morgan fingerprint density at radius 3 is 2.76 bits per heavy atom. The van der Waals surface area contributed by atoms with Gasteiger partial charge in [-0.2, -0.15) is 0 Å². The number of benzene rings is 1. The Labute approximate surface area is 127 Å². The van der Waals surface area contributed by atoms with E-state index in [0.29, 0.717) is 12.0 Å². The highest BCUT2D eigenvalue weighted by molar-refractivity contribution is 6.08. The zero-order valence-electron chi connectivity index (χ0n) is 13.2. The minimum Gasteiger partial charge on any atom is -0.393 e. The summed E-state index contributed by atoms with van der Waals surface area (Å²) in [5.41, 5.74) is 4.86. The first kappa shape index (κ1) is 14.2. The van der Waals surface area contributed by atoms with Gasteiger partial charge in [-0.1, -0.05) is 13.0 Å². The Bertz CT molecular complexity index is 572. The molecule has 2 aliphatic rings. The second-order valence-electron chi connectivity index (χ2n) is 6.50. The van der Waals surface area contributed by atoms with E-state index in [1.54, 1.807) is 0 Å². The number of allylic oxidation sites excluding steroid dienone is 1. The largest absolute Gasteiger partial charge is 0.393 e. The van der Waals surface area contributed by atoms with Gasteiger partial charge in [-0.25, -0.2) is 0 Å². The molecule has 1 fully saturated rings. The van der Waals surface area contributed by atoms with Crippen LogP contribution in [0.25, 0.3) is 5.57 Å². The zero-order valence-corrected chi connectivity index (χ0v) is 13.2.